The predicted molar refractivity (Wildman–Crippen MR) is 77.2 cm³/mol. The highest BCUT2D eigenvalue weighted by Gasteiger charge is 2.19. The van der Waals surface area contributed by atoms with Crippen molar-refractivity contribution >= 4 is 23.2 Å². The molecule has 0 saturated heterocycles. The summed E-state index contributed by atoms with van der Waals surface area (Å²) in [5.74, 6) is 0. The number of aliphatic hydroxyl groups is 1. The van der Waals surface area contributed by atoms with Crippen molar-refractivity contribution in [2.45, 2.75) is 31.8 Å². The summed E-state index contributed by atoms with van der Waals surface area (Å²) in [5.41, 5.74) is 6.63. The molecular formula is C13H20Cl2N2O. The molecule has 0 heterocycles. The summed E-state index contributed by atoms with van der Waals surface area (Å²) < 4.78 is 0. The molecular weight excluding hydrogens is 271 g/mol. The Morgan fingerprint density at radius 1 is 1.33 bits per heavy atom. The van der Waals surface area contributed by atoms with Gasteiger partial charge >= 0.3 is 0 Å². The summed E-state index contributed by atoms with van der Waals surface area (Å²) in [7, 11) is 0. The van der Waals surface area contributed by atoms with Crippen LogP contribution in [0, 0.1) is 0 Å². The number of benzene rings is 1. The third-order valence-electron chi connectivity index (χ3n) is 2.99. The van der Waals surface area contributed by atoms with Gasteiger partial charge in [-0.25, -0.2) is 0 Å². The van der Waals surface area contributed by atoms with Crippen molar-refractivity contribution in [3.8, 4) is 0 Å². The number of nitrogens with one attached hydrogen (secondary N) is 1. The SMILES string of the molecule is CCC(CCO)NC(CN)c1c(Cl)cccc1Cl. The Hall–Kier alpha value is -0.320. The monoisotopic (exact) mass is 290 g/mol. The first-order valence-corrected chi connectivity index (χ1v) is 6.90. The summed E-state index contributed by atoms with van der Waals surface area (Å²) >= 11 is 12.4. The molecule has 4 N–H and O–H groups in total. The van der Waals surface area contributed by atoms with E-state index in [9.17, 15) is 0 Å². The molecule has 0 radical (unpaired) electrons. The van der Waals surface area contributed by atoms with E-state index in [4.69, 9.17) is 34.0 Å². The van der Waals surface area contributed by atoms with Crippen LogP contribution in [0.3, 0.4) is 0 Å². The lowest BCUT2D eigenvalue weighted by molar-refractivity contribution is 0.256. The van der Waals surface area contributed by atoms with Crippen LogP contribution in [0.1, 0.15) is 31.4 Å². The Morgan fingerprint density at radius 3 is 2.39 bits per heavy atom. The Bertz CT molecular complexity index is 354. The molecule has 2 unspecified atom stereocenters. The summed E-state index contributed by atoms with van der Waals surface area (Å²) in [5, 5.41) is 13.6. The zero-order chi connectivity index (χ0) is 13.5. The fourth-order valence-corrected chi connectivity index (χ4v) is 2.62. The fourth-order valence-electron chi connectivity index (χ4n) is 1.96. The molecule has 102 valence electrons. The van der Waals surface area contributed by atoms with Gasteiger partial charge in [-0.05, 0) is 25.0 Å². The number of hydrogen-bond acceptors (Lipinski definition) is 3. The summed E-state index contributed by atoms with van der Waals surface area (Å²) in [4.78, 5) is 0. The van der Waals surface area contributed by atoms with E-state index in [1.807, 2.05) is 6.07 Å². The fraction of sp³-hybridized carbons (Fsp3) is 0.538. The highest BCUT2D eigenvalue weighted by molar-refractivity contribution is 6.36. The van der Waals surface area contributed by atoms with E-state index in [2.05, 4.69) is 12.2 Å². The van der Waals surface area contributed by atoms with Crippen molar-refractivity contribution < 1.29 is 5.11 Å². The van der Waals surface area contributed by atoms with Crippen LogP contribution in [0.15, 0.2) is 18.2 Å². The molecule has 0 bridgehead atoms. The standard InChI is InChI=1S/C13H20Cl2N2O/c1-2-9(6-7-18)17-12(8-16)13-10(14)4-3-5-11(13)15/h3-5,9,12,17-18H,2,6-8,16H2,1H3. The molecule has 1 aromatic carbocycles. The first kappa shape index (κ1) is 15.7. The highest BCUT2D eigenvalue weighted by atomic mass is 35.5. The maximum absolute atomic E-state index is 9.01. The van der Waals surface area contributed by atoms with Crippen LogP contribution in [0.2, 0.25) is 10.0 Å². The Kier molecular flexibility index (Phi) is 6.97. The first-order valence-electron chi connectivity index (χ1n) is 6.14. The molecule has 0 amide bonds. The molecule has 0 aliphatic carbocycles. The minimum Gasteiger partial charge on any atom is -0.396 e. The lowest BCUT2D eigenvalue weighted by Gasteiger charge is -2.25. The minimum absolute atomic E-state index is 0.0947. The van der Waals surface area contributed by atoms with Crippen molar-refractivity contribution in [2.75, 3.05) is 13.2 Å². The van der Waals surface area contributed by atoms with Gasteiger partial charge in [0.2, 0.25) is 0 Å². The first-order chi connectivity index (χ1) is 8.63. The predicted octanol–water partition coefficient (Wildman–Crippen LogP) is 2.74. The van der Waals surface area contributed by atoms with Crippen LogP contribution < -0.4 is 11.1 Å². The minimum atomic E-state index is -0.0947. The van der Waals surface area contributed by atoms with Crippen LogP contribution in [-0.2, 0) is 0 Å². The third-order valence-corrected chi connectivity index (χ3v) is 3.65. The van der Waals surface area contributed by atoms with Gasteiger partial charge in [-0.2, -0.15) is 0 Å². The Balaban J connectivity index is 2.88. The quantitative estimate of drug-likeness (QED) is 0.724. The van der Waals surface area contributed by atoms with Crippen LogP contribution in [-0.4, -0.2) is 24.3 Å². The molecule has 0 fully saturated rings. The van der Waals surface area contributed by atoms with Gasteiger partial charge in [-0.1, -0.05) is 36.2 Å². The van der Waals surface area contributed by atoms with Gasteiger partial charge < -0.3 is 16.2 Å². The van der Waals surface area contributed by atoms with Gasteiger partial charge in [0.15, 0.2) is 0 Å². The van der Waals surface area contributed by atoms with Crippen molar-refractivity contribution in [1.82, 2.24) is 5.32 Å². The Labute approximate surface area is 118 Å². The molecule has 1 rings (SSSR count). The van der Waals surface area contributed by atoms with E-state index in [0.717, 1.165) is 12.0 Å². The van der Waals surface area contributed by atoms with Gasteiger partial charge in [0.25, 0.3) is 0 Å². The molecule has 0 saturated carbocycles. The molecule has 0 aliphatic rings. The highest BCUT2D eigenvalue weighted by Crippen LogP contribution is 2.30. The van der Waals surface area contributed by atoms with E-state index in [1.165, 1.54) is 0 Å². The lowest BCUT2D eigenvalue weighted by atomic mass is 10.0. The van der Waals surface area contributed by atoms with Gasteiger partial charge in [0.1, 0.15) is 0 Å². The molecule has 2 atom stereocenters. The van der Waals surface area contributed by atoms with E-state index < -0.39 is 0 Å². The van der Waals surface area contributed by atoms with Crippen LogP contribution in [0.25, 0.3) is 0 Å². The van der Waals surface area contributed by atoms with Gasteiger partial charge in [-0.15, -0.1) is 0 Å². The van der Waals surface area contributed by atoms with Crippen molar-refractivity contribution in [3.05, 3.63) is 33.8 Å². The van der Waals surface area contributed by atoms with Gasteiger partial charge in [-0.3, -0.25) is 0 Å². The van der Waals surface area contributed by atoms with Crippen molar-refractivity contribution in [3.63, 3.8) is 0 Å². The molecule has 3 nitrogen and oxygen atoms in total. The number of hydrogen-bond donors (Lipinski definition) is 3. The zero-order valence-electron chi connectivity index (χ0n) is 10.5. The molecule has 1 aromatic rings. The lowest BCUT2D eigenvalue weighted by Crippen LogP contribution is -2.37. The topological polar surface area (TPSA) is 58.3 Å². The summed E-state index contributed by atoms with van der Waals surface area (Å²) in [6.45, 7) is 2.62. The van der Waals surface area contributed by atoms with Crippen molar-refractivity contribution in [1.29, 1.82) is 0 Å². The third kappa shape index (κ3) is 4.11. The second-order valence-corrected chi connectivity index (χ2v) is 5.02. The van der Waals surface area contributed by atoms with Crippen LogP contribution in [0.4, 0.5) is 0 Å². The summed E-state index contributed by atoms with van der Waals surface area (Å²) in [6.07, 6.45) is 1.61. The normalized spacial score (nSPS) is 14.5. The zero-order valence-corrected chi connectivity index (χ0v) is 12.0. The maximum Gasteiger partial charge on any atom is 0.0476 e. The smallest absolute Gasteiger partial charge is 0.0476 e. The van der Waals surface area contributed by atoms with Gasteiger partial charge in [0, 0.05) is 40.8 Å². The number of aliphatic hydroxyl groups excluding tert-OH is 1. The average molecular weight is 291 g/mol. The van der Waals surface area contributed by atoms with E-state index in [-0.39, 0.29) is 18.7 Å². The van der Waals surface area contributed by atoms with Gasteiger partial charge in [0.05, 0.1) is 0 Å². The number of nitrogens with two attached hydrogens (primary N) is 1. The van der Waals surface area contributed by atoms with Crippen molar-refractivity contribution in [2.24, 2.45) is 5.73 Å². The van der Waals surface area contributed by atoms with Crippen LogP contribution in [0.5, 0.6) is 0 Å². The maximum atomic E-state index is 9.01. The van der Waals surface area contributed by atoms with E-state index in [1.54, 1.807) is 12.1 Å². The molecule has 0 aromatic heterocycles. The van der Waals surface area contributed by atoms with E-state index in [0.29, 0.717) is 23.0 Å². The number of halogens is 2. The second kappa shape index (κ2) is 7.97. The molecule has 0 spiro atoms. The second-order valence-electron chi connectivity index (χ2n) is 4.21. The largest absolute Gasteiger partial charge is 0.396 e. The molecule has 18 heavy (non-hydrogen) atoms. The molecule has 5 heteroatoms. The summed E-state index contributed by atoms with van der Waals surface area (Å²) in [6, 6.07) is 5.53. The van der Waals surface area contributed by atoms with Crippen LogP contribution >= 0.6 is 23.2 Å². The molecule has 0 aliphatic heterocycles. The number of rotatable bonds is 7. The Morgan fingerprint density at radius 2 is 1.94 bits per heavy atom. The average Bonchev–Trinajstić information content (AvgIpc) is 2.36. The van der Waals surface area contributed by atoms with E-state index >= 15 is 0 Å².